The highest BCUT2D eigenvalue weighted by molar-refractivity contribution is 8.04. The fourth-order valence-corrected chi connectivity index (χ4v) is 11.6. The average molecular weight is 523 g/mol. The Balaban J connectivity index is 1.54. The quantitative estimate of drug-likeness (QED) is 0.465. The predicted molar refractivity (Wildman–Crippen MR) is 128 cm³/mol. The molecule has 4 bridgehead atoms. The van der Waals surface area contributed by atoms with Crippen LogP contribution < -0.4 is 0 Å². The fourth-order valence-electron chi connectivity index (χ4n) is 7.65. The molecule has 8 nitrogen and oxygen atoms in total. The molecular formula is C24H42O8S2. The Labute approximate surface area is 205 Å². The molecule has 198 valence electrons. The summed E-state index contributed by atoms with van der Waals surface area (Å²) in [5.41, 5.74) is -3.00. The van der Waals surface area contributed by atoms with E-state index in [0.717, 1.165) is 12.8 Å². The number of rotatable bonds is 8. The van der Waals surface area contributed by atoms with Gasteiger partial charge in [0.25, 0.3) is 20.2 Å². The largest absolute Gasteiger partial charge is 0.387 e. The Kier molecular flexibility index (Phi) is 6.20. The van der Waals surface area contributed by atoms with E-state index >= 15 is 0 Å². The van der Waals surface area contributed by atoms with Gasteiger partial charge < -0.3 is 10.2 Å². The minimum absolute atomic E-state index is 0.119. The summed E-state index contributed by atoms with van der Waals surface area (Å²) in [4.78, 5) is 0. The highest BCUT2D eigenvalue weighted by Crippen LogP contribution is 2.64. The van der Waals surface area contributed by atoms with E-state index in [0.29, 0.717) is 12.8 Å². The number of aliphatic hydroxyl groups is 2. The summed E-state index contributed by atoms with van der Waals surface area (Å²) in [5.74, 6) is 0.179. The molecule has 0 heterocycles. The molecule has 0 aromatic carbocycles. The second-order valence-electron chi connectivity index (χ2n) is 12.9. The van der Waals surface area contributed by atoms with E-state index in [1.165, 1.54) is 0 Å². The van der Waals surface area contributed by atoms with Crippen molar-refractivity contribution in [2.45, 2.75) is 115 Å². The van der Waals surface area contributed by atoms with Crippen LogP contribution in [0.15, 0.2) is 0 Å². The maximum absolute atomic E-state index is 13.3. The van der Waals surface area contributed by atoms with Crippen molar-refractivity contribution >= 4 is 20.2 Å². The lowest BCUT2D eigenvalue weighted by Crippen LogP contribution is -2.67. The van der Waals surface area contributed by atoms with Gasteiger partial charge >= 0.3 is 0 Å². The first-order valence-electron chi connectivity index (χ1n) is 12.6. The highest BCUT2D eigenvalue weighted by atomic mass is 32.3. The zero-order valence-electron chi connectivity index (χ0n) is 21.4. The normalized spacial score (nSPS) is 45.7. The molecule has 6 aliphatic carbocycles. The topological polar surface area (TPSA) is 127 Å². The van der Waals surface area contributed by atoms with Crippen molar-refractivity contribution in [3.63, 3.8) is 0 Å². The molecule has 0 radical (unpaired) electrons. The summed E-state index contributed by atoms with van der Waals surface area (Å²) in [6.07, 6.45) is 0.394. The molecule has 0 aromatic rings. The summed E-state index contributed by atoms with van der Waals surface area (Å²) in [5, 5.41) is 22.3. The first-order chi connectivity index (χ1) is 15.3. The Bertz CT molecular complexity index is 947. The minimum Gasteiger partial charge on any atom is -0.387 e. The van der Waals surface area contributed by atoms with Gasteiger partial charge in [-0.05, 0) is 80.5 Å². The van der Waals surface area contributed by atoms with Crippen LogP contribution in [-0.2, 0) is 28.6 Å². The van der Waals surface area contributed by atoms with Gasteiger partial charge in [-0.2, -0.15) is 16.8 Å². The molecule has 6 rings (SSSR count). The van der Waals surface area contributed by atoms with Crippen LogP contribution in [0, 0.1) is 34.5 Å². The number of hydrogen-bond acceptors (Lipinski definition) is 8. The predicted octanol–water partition coefficient (Wildman–Crippen LogP) is 3.18. The van der Waals surface area contributed by atoms with E-state index in [1.54, 1.807) is 20.8 Å². The molecule has 34 heavy (non-hydrogen) atoms. The van der Waals surface area contributed by atoms with Crippen molar-refractivity contribution in [1.29, 1.82) is 0 Å². The van der Waals surface area contributed by atoms with Crippen molar-refractivity contribution in [3.05, 3.63) is 0 Å². The van der Waals surface area contributed by atoms with Gasteiger partial charge in [0.2, 0.25) is 4.58 Å². The summed E-state index contributed by atoms with van der Waals surface area (Å²) < 4.78 is 62.4. The third-order valence-electron chi connectivity index (χ3n) is 10.3. The Morgan fingerprint density at radius 1 is 0.735 bits per heavy atom. The van der Waals surface area contributed by atoms with Crippen LogP contribution in [0.5, 0.6) is 0 Å². The second-order valence-corrected chi connectivity index (χ2v) is 16.7. The SMILES string of the molecule is CCCC(S(=O)(=O)OC1CC2CC(C2(C)C)C1(C)O)S(=O)(=O)OC1CC2CC(C2(C)C)C1(C)O. The van der Waals surface area contributed by atoms with Gasteiger partial charge in [-0.15, -0.1) is 0 Å². The maximum Gasteiger partial charge on any atom is 0.287 e. The van der Waals surface area contributed by atoms with Gasteiger partial charge in [0.05, 0.1) is 11.2 Å². The van der Waals surface area contributed by atoms with E-state index in [1.807, 2.05) is 0 Å². The third-order valence-corrected chi connectivity index (χ3v) is 14.5. The zero-order valence-corrected chi connectivity index (χ0v) is 23.1. The third kappa shape index (κ3) is 3.81. The van der Waals surface area contributed by atoms with Crippen LogP contribution in [0.2, 0.25) is 0 Å². The van der Waals surface area contributed by atoms with E-state index in [9.17, 15) is 27.0 Å². The van der Waals surface area contributed by atoms with Crippen LogP contribution in [0.25, 0.3) is 0 Å². The first kappa shape index (κ1) is 26.8. The first-order valence-corrected chi connectivity index (χ1v) is 15.5. The van der Waals surface area contributed by atoms with Crippen molar-refractivity contribution in [2.75, 3.05) is 0 Å². The van der Waals surface area contributed by atoms with Crippen LogP contribution in [0.4, 0.5) is 0 Å². The van der Waals surface area contributed by atoms with E-state index in [-0.39, 0.29) is 47.3 Å². The van der Waals surface area contributed by atoms with Gasteiger partial charge in [0.1, 0.15) is 12.2 Å². The van der Waals surface area contributed by atoms with Gasteiger partial charge in [0, 0.05) is 0 Å². The summed E-state index contributed by atoms with van der Waals surface area (Å²) >= 11 is 0. The molecular weight excluding hydrogens is 480 g/mol. The molecule has 0 aliphatic heterocycles. The minimum atomic E-state index is -4.62. The lowest BCUT2D eigenvalue weighted by molar-refractivity contribution is -0.238. The Morgan fingerprint density at radius 3 is 1.35 bits per heavy atom. The molecule has 8 unspecified atom stereocenters. The molecule has 0 spiro atoms. The highest BCUT2D eigenvalue weighted by Gasteiger charge is 2.66. The molecule has 6 aliphatic rings. The van der Waals surface area contributed by atoms with E-state index in [2.05, 4.69) is 27.7 Å². The van der Waals surface area contributed by atoms with Crippen molar-refractivity contribution < 1.29 is 35.4 Å². The van der Waals surface area contributed by atoms with E-state index < -0.39 is 48.2 Å². The molecule has 6 saturated carbocycles. The molecule has 0 saturated heterocycles. The molecule has 0 aromatic heterocycles. The number of hydrogen-bond donors (Lipinski definition) is 2. The summed E-state index contributed by atoms with van der Waals surface area (Å²) in [6, 6.07) is 0. The monoisotopic (exact) mass is 522 g/mol. The van der Waals surface area contributed by atoms with E-state index in [4.69, 9.17) is 8.37 Å². The Morgan fingerprint density at radius 2 is 1.09 bits per heavy atom. The summed E-state index contributed by atoms with van der Waals surface area (Å²) in [6.45, 7) is 13.1. The Hall–Kier alpha value is -0.260. The van der Waals surface area contributed by atoms with Crippen molar-refractivity contribution in [3.8, 4) is 0 Å². The zero-order chi connectivity index (χ0) is 25.7. The molecule has 8 atom stereocenters. The molecule has 6 fully saturated rings. The van der Waals surface area contributed by atoms with Crippen LogP contribution in [-0.4, -0.2) is 55.0 Å². The standard InChI is InChI=1S/C24H42O8S2/c1-8-9-20(33(27,28)31-18-12-14-10-16(21(14,2)3)23(18,6)25)34(29,30)32-19-13-15-11-17(22(15,4)5)24(19,7)26/h14-20,25-26H,8-13H2,1-7H3. The smallest absolute Gasteiger partial charge is 0.287 e. The molecule has 0 amide bonds. The maximum atomic E-state index is 13.3. The van der Waals surface area contributed by atoms with Crippen LogP contribution >= 0.6 is 0 Å². The average Bonchev–Trinajstić information content (AvgIpc) is 2.67. The van der Waals surface area contributed by atoms with Crippen molar-refractivity contribution in [2.24, 2.45) is 34.5 Å². The molecule has 10 heteroatoms. The lowest BCUT2D eigenvalue weighted by Gasteiger charge is -2.64. The fraction of sp³-hybridized carbons (Fsp3) is 1.00. The number of fused-ring (bicyclic) bond motifs is 4. The van der Waals surface area contributed by atoms with Gasteiger partial charge in [-0.25, -0.2) is 0 Å². The van der Waals surface area contributed by atoms with Crippen molar-refractivity contribution in [1.82, 2.24) is 0 Å². The molecule has 2 N–H and O–H groups in total. The lowest BCUT2D eigenvalue weighted by atomic mass is 9.43. The van der Waals surface area contributed by atoms with Crippen LogP contribution in [0.1, 0.15) is 87.0 Å². The second kappa shape index (κ2) is 7.87. The van der Waals surface area contributed by atoms with Crippen LogP contribution in [0.3, 0.4) is 0 Å². The summed E-state index contributed by atoms with van der Waals surface area (Å²) in [7, 11) is -9.24. The van der Waals surface area contributed by atoms with Gasteiger partial charge in [-0.3, -0.25) is 8.37 Å². The van der Waals surface area contributed by atoms with Gasteiger partial charge in [0.15, 0.2) is 0 Å². The van der Waals surface area contributed by atoms with Gasteiger partial charge in [-0.1, -0.05) is 41.0 Å².